The van der Waals surface area contributed by atoms with Crippen molar-refractivity contribution >= 4 is 18.6 Å². The van der Waals surface area contributed by atoms with Gasteiger partial charge in [-0.2, -0.15) is 12.6 Å². The van der Waals surface area contributed by atoms with Gasteiger partial charge in [0.25, 0.3) is 0 Å². The quantitative estimate of drug-likeness (QED) is 0.750. The summed E-state index contributed by atoms with van der Waals surface area (Å²) in [5, 5.41) is 9.40. The monoisotopic (exact) mass is 356 g/mol. The molecule has 0 spiro atoms. The van der Waals surface area contributed by atoms with Crippen LogP contribution in [0.2, 0.25) is 0 Å². The maximum atomic E-state index is 12.8. The summed E-state index contributed by atoms with van der Waals surface area (Å²) in [6.45, 7) is 0. The summed E-state index contributed by atoms with van der Waals surface area (Å²) in [5.41, 5.74) is -0.969. The number of hydrogen-bond donors (Lipinski definition) is 2. The number of carboxylic acid groups (broad SMARTS) is 1. The van der Waals surface area contributed by atoms with Crippen molar-refractivity contribution in [1.29, 1.82) is 0 Å². The summed E-state index contributed by atoms with van der Waals surface area (Å²) in [6, 6.07) is 15.0. The zero-order valence-corrected chi connectivity index (χ0v) is 13.3. The van der Waals surface area contributed by atoms with Gasteiger partial charge in [0.15, 0.2) is 5.60 Å². The number of thiol groups is 1. The molecule has 0 fully saturated rings. The Morgan fingerprint density at radius 1 is 1.00 bits per heavy atom. The second kappa shape index (κ2) is 7.27. The van der Waals surface area contributed by atoms with E-state index >= 15 is 0 Å². The largest absolute Gasteiger partial charge is 0.523 e. The Bertz CT molecular complexity index is 686. The van der Waals surface area contributed by atoms with E-state index in [1.165, 1.54) is 12.1 Å². The van der Waals surface area contributed by atoms with Crippen molar-refractivity contribution in [3.05, 3.63) is 60.2 Å². The fourth-order valence-corrected chi connectivity index (χ4v) is 2.76. The highest BCUT2D eigenvalue weighted by molar-refractivity contribution is 7.80. The lowest BCUT2D eigenvalue weighted by atomic mass is 9.89. The van der Waals surface area contributed by atoms with Gasteiger partial charge >= 0.3 is 12.3 Å². The fraction of sp³-hybridized carbons (Fsp3) is 0.235. The van der Waals surface area contributed by atoms with Gasteiger partial charge in [-0.1, -0.05) is 54.6 Å². The summed E-state index contributed by atoms with van der Waals surface area (Å²) in [6.07, 6.45) is -5.50. The molecule has 0 aliphatic carbocycles. The molecule has 1 unspecified atom stereocenters. The van der Waals surface area contributed by atoms with E-state index in [1.54, 1.807) is 12.1 Å². The number of hydrogen-bond acceptors (Lipinski definition) is 3. The van der Waals surface area contributed by atoms with Crippen LogP contribution in [0.25, 0.3) is 11.1 Å². The van der Waals surface area contributed by atoms with Crippen molar-refractivity contribution in [2.45, 2.75) is 18.4 Å². The third-order valence-corrected chi connectivity index (χ3v) is 3.78. The number of aliphatic carboxylic acids is 1. The van der Waals surface area contributed by atoms with E-state index in [1.807, 2.05) is 30.3 Å². The highest BCUT2D eigenvalue weighted by atomic mass is 32.1. The molecule has 0 aliphatic heterocycles. The van der Waals surface area contributed by atoms with E-state index in [0.717, 1.165) is 11.1 Å². The molecular formula is C17H15F3O3S. The molecule has 0 heterocycles. The first-order chi connectivity index (χ1) is 11.3. The summed E-state index contributed by atoms with van der Waals surface area (Å²) in [5.74, 6) is -1.79. The molecule has 2 aromatic rings. The van der Waals surface area contributed by atoms with Crippen LogP contribution in [-0.4, -0.2) is 23.2 Å². The number of halogens is 3. The van der Waals surface area contributed by atoms with Gasteiger partial charge in [0, 0.05) is 6.42 Å². The molecule has 1 N–H and O–H groups in total. The summed E-state index contributed by atoms with van der Waals surface area (Å²) >= 11 is 3.88. The van der Waals surface area contributed by atoms with Crippen LogP contribution >= 0.6 is 12.6 Å². The summed E-state index contributed by atoms with van der Waals surface area (Å²) in [7, 11) is 0. The second-order valence-electron chi connectivity index (χ2n) is 5.10. The first kappa shape index (κ1) is 18.4. The number of carboxylic acids is 1. The average molecular weight is 356 g/mol. The highest BCUT2D eigenvalue weighted by Crippen LogP contribution is 2.38. The molecule has 7 heteroatoms. The maximum Gasteiger partial charge on any atom is 0.523 e. The zero-order chi connectivity index (χ0) is 17.8. The van der Waals surface area contributed by atoms with Crippen molar-refractivity contribution in [3.8, 4) is 11.1 Å². The molecule has 2 rings (SSSR count). The molecule has 0 radical (unpaired) electrons. The second-order valence-corrected chi connectivity index (χ2v) is 5.54. The first-order valence-corrected chi connectivity index (χ1v) is 7.69. The van der Waals surface area contributed by atoms with Crippen LogP contribution < -0.4 is 0 Å². The predicted molar refractivity (Wildman–Crippen MR) is 86.8 cm³/mol. The van der Waals surface area contributed by atoms with E-state index in [9.17, 15) is 23.1 Å². The van der Waals surface area contributed by atoms with Crippen molar-refractivity contribution in [2.75, 3.05) is 5.75 Å². The van der Waals surface area contributed by atoms with E-state index in [0.29, 0.717) is 0 Å². The minimum Gasteiger partial charge on any atom is -0.479 e. The Hall–Kier alpha value is -1.99. The molecule has 0 saturated carbocycles. The van der Waals surface area contributed by atoms with Crippen LogP contribution in [0.15, 0.2) is 54.6 Å². The van der Waals surface area contributed by atoms with Crippen molar-refractivity contribution < 1.29 is 27.8 Å². The highest BCUT2D eigenvalue weighted by Gasteiger charge is 2.50. The minimum atomic E-state index is -5.08. The molecule has 3 nitrogen and oxygen atoms in total. The Morgan fingerprint density at radius 2 is 1.54 bits per heavy atom. The van der Waals surface area contributed by atoms with Gasteiger partial charge in [-0.15, -0.1) is 13.2 Å². The topological polar surface area (TPSA) is 46.5 Å². The van der Waals surface area contributed by atoms with Crippen LogP contribution in [0.5, 0.6) is 0 Å². The summed E-state index contributed by atoms with van der Waals surface area (Å²) < 4.78 is 42.3. The maximum absolute atomic E-state index is 12.8. The number of benzene rings is 2. The fourth-order valence-electron chi connectivity index (χ4n) is 2.45. The Kier molecular flexibility index (Phi) is 5.56. The van der Waals surface area contributed by atoms with Gasteiger partial charge < -0.3 is 5.11 Å². The first-order valence-electron chi connectivity index (χ1n) is 7.05. The standard InChI is InChI=1S/C17H15F3O3S/c18-17(19,20)23-16(10-11-24,15(21)22)14-8-6-13(7-9-14)12-4-2-1-3-5-12/h1-9,24H,10-11H2,(H,21,22). The molecule has 128 valence electrons. The van der Waals surface area contributed by atoms with Gasteiger partial charge in [0.1, 0.15) is 0 Å². The Morgan fingerprint density at radius 3 is 2.00 bits per heavy atom. The van der Waals surface area contributed by atoms with Crippen molar-refractivity contribution in [1.82, 2.24) is 0 Å². The minimum absolute atomic E-state index is 0.0805. The Labute approximate surface area is 142 Å². The zero-order valence-electron chi connectivity index (χ0n) is 12.5. The normalized spacial score (nSPS) is 14.2. The molecule has 1 atom stereocenters. The van der Waals surface area contributed by atoms with E-state index in [4.69, 9.17) is 0 Å². The average Bonchev–Trinajstić information content (AvgIpc) is 2.54. The molecule has 24 heavy (non-hydrogen) atoms. The summed E-state index contributed by atoms with van der Waals surface area (Å²) in [4.78, 5) is 11.6. The molecule has 0 aromatic heterocycles. The van der Waals surface area contributed by atoms with Gasteiger partial charge in [-0.3, -0.25) is 4.74 Å². The van der Waals surface area contributed by atoms with E-state index < -0.39 is 24.4 Å². The van der Waals surface area contributed by atoms with Gasteiger partial charge in [0.05, 0.1) is 0 Å². The van der Waals surface area contributed by atoms with E-state index in [2.05, 4.69) is 17.4 Å². The third-order valence-electron chi connectivity index (χ3n) is 3.56. The molecule has 0 bridgehead atoms. The lowest BCUT2D eigenvalue weighted by molar-refractivity contribution is -0.366. The van der Waals surface area contributed by atoms with Crippen LogP contribution in [0.1, 0.15) is 12.0 Å². The van der Waals surface area contributed by atoms with Gasteiger partial charge in [0.2, 0.25) is 0 Å². The Balaban J connectivity index is 2.45. The third kappa shape index (κ3) is 4.10. The van der Waals surface area contributed by atoms with E-state index in [-0.39, 0.29) is 11.3 Å². The van der Waals surface area contributed by atoms with Gasteiger partial charge in [-0.05, 0) is 22.4 Å². The predicted octanol–water partition coefficient (Wildman–Crippen LogP) is 4.49. The number of alkyl halides is 3. The number of ether oxygens (including phenoxy) is 1. The smallest absolute Gasteiger partial charge is 0.479 e. The van der Waals surface area contributed by atoms with Crippen LogP contribution in [-0.2, 0) is 15.1 Å². The lowest BCUT2D eigenvalue weighted by Crippen LogP contribution is -2.43. The van der Waals surface area contributed by atoms with Crippen LogP contribution in [0.3, 0.4) is 0 Å². The van der Waals surface area contributed by atoms with Gasteiger partial charge in [-0.25, -0.2) is 4.79 Å². The molecular weight excluding hydrogens is 341 g/mol. The molecule has 0 aliphatic rings. The molecule has 0 saturated heterocycles. The molecule has 0 amide bonds. The van der Waals surface area contributed by atoms with Crippen LogP contribution in [0.4, 0.5) is 13.2 Å². The van der Waals surface area contributed by atoms with Crippen molar-refractivity contribution in [3.63, 3.8) is 0 Å². The number of carbonyl (C=O) groups is 1. The lowest BCUT2D eigenvalue weighted by Gasteiger charge is -2.30. The van der Waals surface area contributed by atoms with Crippen LogP contribution in [0, 0.1) is 0 Å². The number of rotatable bonds is 6. The van der Waals surface area contributed by atoms with Crippen molar-refractivity contribution in [2.24, 2.45) is 0 Å². The SMILES string of the molecule is O=C(O)C(CCS)(OC(F)(F)F)c1ccc(-c2ccccc2)cc1. The molecule has 2 aromatic carbocycles.